The Balaban J connectivity index is 0.00000168. The third-order valence-electron chi connectivity index (χ3n) is 7.61. The van der Waals surface area contributed by atoms with Crippen LogP contribution in [0.2, 0.25) is 0 Å². The molecule has 0 aromatic heterocycles. The predicted molar refractivity (Wildman–Crippen MR) is 105 cm³/mol. The second-order valence-corrected chi connectivity index (χ2v) is 9.03. The largest absolute Gasteiger partial charge is 0.497 e. The monoisotopic (exact) mass is 375 g/mol. The first-order valence-electron chi connectivity index (χ1n) is 10.0. The minimum absolute atomic E-state index is 0. The SMILES string of the molecule is COc1ccc2c(c1)C13CCN(CC4CC4)C(C2)[C@@H]1C[C@H](C)C(=O)C3.Cl. The van der Waals surface area contributed by atoms with Crippen LogP contribution in [0.15, 0.2) is 18.2 Å². The molecule has 5 rings (SSSR count). The molecule has 2 bridgehead atoms. The highest BCUT2D eigenvalue weighted by atomic mass is 35.5. The van der Waals surface area contributed by atoms with Crippen LogP contribution in [0.5, 0.6) is 5.75 Å². The van der Waals surface area contributed by atoms with Gasteiger partial charge in [0.15, 0.2) is 0 Å². The number of fused-ring (bicyclic) bond motifs is 1. The Morgan fingerprint density at radius 3 is 2.85 bits per heavy atom. The van der Waals surface area contributed by atoms with Crippen molar-refractivity contribution in [2.75, 3.05) is 20.2 Å². The normalized spacial score (nSPS) is 35.9. The van der Waals surface area contributed by atoms with E-state index in [1.165, 1.54) is 30.5 Å². The van der Waals surface area contributed by atoms with E-state index in [1.54, 1.807) is 7.11 Å². The summed E-state index contributed by atoms with van der Waals surface area (Å²) in [6.07, 6.45) is 6.94. The third kappa shape index (κ3) is 2.70. The van der Waals surface area contributed by atoms with Gasteiger partial charge in [0, 0.05) is 30.3 Å². The van der Waals surface area contributed by atoms with Gasteiger partial charge in [0.25, 0.3) is 0 Å². The second kappa shape index (κ2) is 6.53. The van der Waals surface area contributed by atoms with Crippen molar-refractivity contribution in [2.45, 2.75) is 56.9 Å². The maximum atomic E-state index is 12.7. The fourth-order valence-electron chi connectivity index (χ4n) is 6.03. The molecule has 0 spiro atoms. The van der Waals surface area contributed by atoms with Gasteiger partial charge in [-0.2, -0.15) is 0 Å². The number of ketones is 1. The van der Waals surface area contributed by atoms with Crippen molar-refractivity contribution in [1.82, 2.24) is 4.90 Å². The van der Waals surface area contributed by atoms with Gasteiger partial charge in [0.05, 0.1) is 7.11 Å². The molecule has 3 fully saturated rings. The van der Waals surface area contributed by atoms with Crippen molar-refractivity contribution in [3.63, 3.8) is 0 Å². The van der Waals surface area contributed by atoms with Gasteiger partial charge in [-0.05, 0) is 73.7 Å². The lowest BCUT2D eigenvalue weighted by atomic mass is 9.50. The molecule has 2 saturated carbocycles. The Kier molecular flexibility index (Phi) is 4.60. The molecule has 2 unspecified atom stereocenters. The van der Waals surface area contributed by atoms with E-state index in [4.69, 9.17) is 4.74 Å². The summed E-state index contributed by atoms with van der Waals surface area (Å²) in [6.45, 7) is 4.60. The number of nitrogens with zero attached hydrogens (tertiary/aromatic N) is 1. The molecule has 1 heterocycles. The molecule has 4 atom stereocenters. The van der Waals surface area contributed by atoms with Gasteiger partial charge >= 0.3 is 0 Å². The summed E-state index contributed by atoms with van der Waals surface area (Å²) in [5.74, 6) is 3.21. The minimum atomic E-state index is 0. The van der Waals surface area contributed by atoms with Gasteiger partial charge in [-0.25, -0.2) is 0 Å². The first kappa shape index (κ1) is 18.3. The van der Waals surface area contributed by atoms with Gasteiger partial charge < -0.3 is 4.74 Å². The zero-order chi connectivity index (χ0) is 17.2. The summed E-state index contributed by atoms with van der Waals surface area (Å²) in [7, 11) is 1.74. The number of carbonyl (C=O) groups excluding carboxylic acids is 1. The van der Waals surface area contributed by atoms with Gasteiger partial charge in [0.1, 0.15) is 11.5 Å². The lowest BCUT2D eigenvalue weighted by Crippen LogP contribution is -2.63. The van der Waals surface area contributed by atoms with E-state index in [9.17, 15) is 4.79 Å². The average Bonchev–Trinajstić information content (AvgIpc) is 3.42. The molecule has 0 N–H and O–H groups in total. The topological polar surface area (TPSA) is 29.5 Å². The lowest BCUT2D eigenvalue weighted by Gasteiger charge is -2.59. The molecule has 4 heteroatoms. The summed E-state index contributed by atoms with van der Waals surface area (Å²) in [5, 5.41) is 0. The predicted octanol–water partition coefficient (Wildman–Crippen LogP) is 4.01. The summed E-state index contributed by atoms with van der Waals surface area (Å²) in [4.78, 5) is 15.5. The van der Waals surface area contributed by atoms with Crippen molar-refractivity contribution in [3.05, 3.63) is 29.3 Å². The standard InChI is InChI=1S/C22H29NO2.ClH/c1-14-9-19-20-10-16-5-6-17(25-2)11-18(16)22(19,12-21(14)24)7-8-23(20)13-15-3-4-15;/h5-6,11,14-15,19-20H,3-4,7-10,12-13H2,1-2H3;1H/t14-,19-,20?,22?;/m0./s1. The van der Waals surface area contributed by atoms with Crippen LogP contribution in [0.4, 0.5) is 0 Å². The Hall–Kier alpha value is -1.06. The fourth-order valence-corrected chi connectivity index (χ4v) is 6.03. The second-order valence-electron chi connectivity index (χ2n) is 9.03. The van der Waals surface area contributed by atoms with Crippen LogP contribution in [0.1, 0.15) is 50.2 Å². The van der Waals surface area contributed by atoms with E-state index in [0.717, 1.165) is 43.9 Å². The van der Waals surface area contributed by atoms with Crippen LogP contribution in [0.3, 0.4) is 0 Å². The van der Waals surface area contributed by atoms with Crippen molar-refractivity contribution in [2.24, 2.45) is 17.8 Å². The van der Waals surface area contributed by atoms with E-state index in [0.29, 0.717) is 17.7 Å². The number of hydrogen-bond donors (Lipinski definition) is 0. The number of hydrogen-bond acceptors (Lipinski definition) is 3. The van der Waals surface area contributed by atoms with Gasteiger partial charge in [-0.3, -0.25) is 9.69 Å². The minimum Gasteiger partial charge on any atom is -0.497 e. The number of rotatable bonds is 3. The molecule has 142 valence electrons. The van der Waals surface area contributed by atoms with Crippen molar-refractivity contribution in [3.8, 4) is 5.75 Å². The molecule has 1 saturated heterocycles. The van der Waals surface area contributed by atoms with Crippen LogP contribution in [0.25, 0.3) is 0 Å². The van der Waals surface area contributed by atoms with Crippen molar-refractivity contribution >= 4 is 18.2 Å². The number of ether oxygens (including phenoxy) is 1. The molecule has 3 nitrogen and oxygen atoms in total. The lowest BCUT2D eigenvalue weighted by molar-refractivity contribution is -0.132. The molecular formula is C22H30ClNO2. The summed E-state index contributed by atoms with van der Waals surface area (Å²) < 4.78 is 5.53. The van der Waals surface area contributed by atoms with Crippen LogP contribution < -0.4 is 4.74 Å². The highest BCUT2D eigenvalue weighted by Gasteiger charge is 2.57. The number of benzene rings is 1. The van der Waals surface area contributed by atoms with Crippen LogP contribution >= 0.6 is 12.4 Å². The van der Waals surface area contributed by atoms with E-state index >= 15 is 0 Å². The molecule has 4 aliphatic rings. The van der Waals surface area contributed by atoms with Crippen molar-refractivity contribution < 1.29 is 9.53 Å². The number of Topliss-reactive ketones (excluding diaryl/α,β-unsaturated/α-hetero) is 1. The first-order chi connectivity index (χ1) is 12.1. The molecule has 3 aliphatic carbocycles. The maximum absolute atomic E-state index is 12.7. The van der Waals surface area contributed by atoms with Gasteiger partial charge in [-0.15, -0.1) is 12.4 Å². The molecule has 26 heavy (non-hydrogen) atoms. The van der Waals surface area contributed by atoms with Crippen LogP contribution in [-0.4, -0.2) is 36.9 Å². The Labute approximate surface area is 162 Å². The summed E-state index contributed by atoms with van der Waals surface area (Å²) >= 11 is 0. The first-order valence-corrected chi connectivity index (χ1v) is 10.0. The summed E-state index contributed by atoms with van der Waals surface area (Å²) in [6, 6.07) is 7.25. The molecule has 1 aromatic rings. The maximum Gasteiger partial charge on any atom is 0.136 e. The average molecular weight is 376 g/mol. The molecule has 0 amide bonds. The smallest absolute Gasteiger partial charge is 0.136 e. The zero-order valence-corrected chi connectivity index (χ0v) is 16.7. The quantitative estimate of drug-likeness (QED) is 0.799. The Morgan fingerprint density at radius 1 is 1.31 bits per heavy atom. The molecule has 1 aromatic carbocycles. The van der Waals surface area contributed by atoms with Gasteiger partial charge in [0.2, 0.25) is 0 Å². The highest BCUT2D eigenvalue weighted by molar-refractivity contribution is 5.85. The number of methoxy groups -OCH3 is 1. The Morgan fingerprint density at radius 2 is 2.12 bits per heavy atom. The zero-order valence-electron chi connectivity index (χ0n) is 15.9. The van der Waals surface area contributed by atoms with Crippen LogP contribution in [-0.2, 0) is 16.6 Å². The van der Waals surface area contributed by atoms with Gasteiger partial charge in [-0.1, -0.05) is 13.0 Å². The Bertz CT molecular complexity index is 716. The number of piperidine rings is 1. The number of halogens is 1. The third-order valence-corrected chi connectivity index (χ3v) is 7.61. The fraction of sp³-hybridized carbons (Fsp3) is 0.682. The molecule has 0 radical (unpaired) electrons. The molecule has 1 aliphatic heterocycles. The van der Waals surface area contributed by atoms with Crippen molar-refractivity contribution in [1.29, 1.82) is 0 Å². The van der Waals surface area contributed by atoms with E-state index < -0.39 is 0 Å². The molecular weight excluding hydrogens is 346 g/mol. The van der Waals surface area contributed by atoms with E-state index in [-0.39, 0.29) is 23.7 Å². The highest BCUT2D eigenvalue weighted by Crippen LogP contribution is 2.56. The van der Waals surface area contributed by atoms with E-state index in [2.05, 4.69) is 30.0 Å². The van der Waals surface area contributed by atoms with E-state index in [1.807, 2.05) is 0 Å². The summed E-state index contributed by atoms with van der Waals surface area (Å²) in [5.41, 5.74) is 2.96. The number of likely N-dealkylation sites (tertiary alicyclic amines) is 1. The number of carbonyl (C=O) groups is 1. The van der Waals surface area contributed by atoms with Crippen LogP contribution in [0, 0.1) is 17.8 Å².